The van der Waals surface area contributed by atoms with E-state index in [0.717, 1.165) is 78.4 Å². The predicted molar refractivity (Wildman–Crippen MR) is 159 cm³/mol. The number of anilines is 2. The van der Waals surface area contributed by atoms with Crippen LogP contribution in [0.2, 0.25) is 5.02 Å². The number of likely N-dealkylation sites (tertiary alicyclic amines) is 1. The number of ketones is 1. The minimum atomic E-state index is 0.125. The van der Waals surface area contributed by atoms with Gasteiger partial charge in [0.25, 0.3) is 0 Å². The summed E-state index contributed by atoms with van der Waals surface area (Å²) >= 11 is 6.70. The van der Waals surface area contributed by atoms with E-state index in [1.54, 1.807) is 0 Å². The Balaban J connectivity index is 1.21. The van der Waals surface area contributed by atoms with Crippen molar-refractivity contribution in [2.24, 2.45) is 17.8 Å². The summed E-state index contributed by atoms with van der Waals surface area (Å²) in [5, 5.41) is 2.99. The SMILES string of the molecule is C=CC(=O)C1[C@H]2CN(c3nc(OC[C@@H]4CCCN4C)nc4c3CCN(c3cccc5cccc(Cl)c35)C4)CC[C@@H]12. The lowest BCUT2D eigenvalue weighted by atomic mass is 10.0. The molecule has 0 spiro atoms. The average molecular weight is 558 g/mol. The molecule has 0 amide bonds. The molecule has 40 heavy (non-hydrogen) atoms. The van der Waals surface area contributed by atoms with Crippen molar-refractivity contribution in [3.05, 3.63) is 65.3 Å². The van der Waals surface area contributed by atoms with E-state index in [0.29, 0.717) is 37.0 Å². The van der Waals surface area contributed by atoms with E-state index in [9.17, 15) is 4.79 Å². The fraction of sp³-hybridized carbons (Fsp3) is 0.469. The Morgan fingerprint density at radius 3 is 2.75 bits per heavy atom. The lowest BCUT2D eigenvalue weighted by Crippen LogP contribution is -2.37. The molecule has 7 nitrogen and oxygen atoms in total. The minimum Gasteiger partial charge on any atom is -0.462 e. The van der Waals surface area contributed by atoms with Gasteiger partial charge in [0.05, 0.1) is 17.3 Å². The molecule has 8 heteroatoms. The quantitative estimate of drug-likeness (QED) is 0.372. The van der Waals surface area contributed by atoms with Crippen molar-refractivity contribution in [1.29, 1.82) is 0 Å². The number of ether oxygens (including phenoxy) is 1. The van der Waals surface area contributed by atoms with Crippen molar-refractivity contribution in [2.75, 3.05) is 49.6 Å². The number of benzene rings is 2. The van der Waals surface area contributed by atoms with Crippen LogP contribution in [-0.2, 0) is 17.8 Å². The van der Waals surface area contributed by atoms with E-state index >= 15 is 0 Å². The summed E-state index contributed by atoms with van der Waals surface area (Å²) in [6.45, 7) is 8.71. The van der Waals surface area contributed by atoms with Gasteiger partial charge in [-0.1, -0.05) is 42.4 Å². The standard InChI is InChI=1S/C32H36ClN5O2/c1-3-28(39)30-22-12-16-38(17-24(22)30)31-23-13-15-37(27-11-5-8-20-7-4-10-25(33)29(20)27)18-26(23)34-32(35-31)40-19-21-9-6-14-36(21)2/h3-5,7-8,10-11,21-22,24,30H,1,6,9,12-19H2,2H3/t21-,22+,24-,30?/m0/s1. The molecule has 4 aliphatic rings. The number of halogens is 1. The monoisotopic (exact) mass is 557 g/mol. The van der Waals surface area contributed by atoms with Crippen LogP contribution in [0.4, 0.5) is 11.5 Å². The molecule has 0 bridgehead atoms. The number of hydrogen-bond donors (Lipinski definition) is 0. The molecule has 4 atom stereocenters. The van der Waals surface area contributed by atoms with Gasteiger partial charge < -0.3 is 19.4 Å². The maximum absolute atomic E-state index is 12.4. The van der Waals surface area contributed by atoms with Crippen molar-refractivity contribution in [3.8, 4) is 6.01 Å². The first kappa shape index (κ1) is 25.8. The topological polar surface area (TPSA) is 61.8 Å². The number of hydrogen-bond acceptors (Lipinski definition) is 7. The number of nitrogens with zero attached hydrogens (tertiary/aromatic N) is 5. The first-order chi connectivity index (χ1) is 19.5. The second-order valence-corrected chi connectivity index (χ2v) is 12.2. The summed E-state index contributed by atoms with van der Waals surface area (Å²) in [6.07, 6.45) is 5.69. The highest BCUT2D eigenvalue weighted by molar-refractivity contribution is 6.36. The van der Waals surface area contributed by atoms with Crippen molar-refractivity contribution in [3.63, 3.8) is 0 Å². The molecule has 0 radical (unpaired) electrons. The van der Waals surface area contributed by atoms with Crippen LogP contribution in [0.5, 0.6) is 6.01 Å². The van der Waals surface area contributed by atoms with Crippen molar-refractivity contribution in [1.82, 2.24) is 14.9 Å². The van der Waals surface area contributed by atoms with E-state index in [1.807, 2.05) is 12.1 Å². The summed E-state index contributed by atoms with van der Waals surface area (Å²) in [6, 6.07) is 13.3. The molecule has 7 rings (SSSR count). The molecule has 1 unspecified atom stereocenters. The van der Waals surface area contributed by atoms with Gasteiger partial charge in [0.1, 0.15) is 12.4 Å². The lowest BCUT2D eigenvalue weighted by molar-refractivity contribution is -0.116. The molecule has 4 heterocycles. The zero-order valence-electron chi connectivity index (χ0n) is 23.1. The zero-order chi connectivity index (χ0) is 27.4. The van der Waals surface area contributed by atoms with Gasteiger partial charge >= 0.3 is 6.01 Å². The molecular formula is C32H36ClN5O2. The number of carbonyl (C=O) groups is 1. The van der Waals surface area contributed by atoms with Gasteiger partial charge in [0.15, 0.2) is 5.78 Å². The number of fused-ring (bicyclic) bond motifs is 3. The second-order valence-electron chi connectivity index (χ2n) is 11.8. The van der Waals surface area contributed by atoms with Gasteiger partial charge in [-0.3, -0.25) is 4.79 Å². The number of carbonyl (C=O) groups excluding carboxylic acids is 1. The Morgan fingerprint density at radius 2 is 1.95 bits per heavy atom. The fourth-order valence-electron chi connectivity index (χ4n) is 7.31. The van der Waals surface area contributed by atoms with Gasteiger partial charge in [-0.15, -0.1) is 0 Å². The van der Waals surface area contributed by atoms with Gasteiger partial charge in [0, 0.05) is 48.2 Å². The Labute approximate surface area is 240 Å². The van der Waals surface area contributed by atoms with Gasteiger partial charge in [-0.2, -0.15) is 9.97 Å². The van der Waals surface area contributed by atoms with Crippen LogP contribution in [0.25, 0.3) is 10.8 Å². The average Bonchev–Trinajstić information content (AvgIpc) is 3.56. The molecule has 208 valence electrons. The Bertz CT molecular complexity index is 1470. The summed E-state index contributed by atoms with van der Waals surface area (Å²) in [4.78, 5) is 29.6. The zero-order valence-corrected chi connectivity index (χ0v) is 23.8. The molecular weight excluding hydrogens is 522 g/mol. The van der Waals surface area contributed by atoms with E-state index in [2.05, 4.69) is 52.6 Å². The van der Waals surface area contributed by atoms with Crippen LogP contribution in [0.3, 0.4) is 0 Å². The molecule has 3 aliphatic heterocycles. The maximum atomic E-state index is 12.4. The normalized spacial score (nSPS) is 25.9. The third-order valence-corrected chi connectivity index (χ3v) is 9.91. The number of piperidine rings is 1. The van der Waals surface area contributed by atoms with Crippen LogP contribution in [0, 0.1) is 17.8 Å². The van der Waals surface area contributed by atoms with Gasteiger partial charge in [0.2, 0.25) is 0 Å². The molecule has 3 fully saturated rings. The lowest BCUT2D eigenvalue weighted by Gasteiger charge is -2.35. The van der Waals surface area contributed by atoms with Crippen molar-refractivity contribution in [2.45, 2.75) is 38.3 Å². The smallest absolute Gasteiger partial charge is 0.318 e. The van der Waals surface area contributed by atoms with Crippen molar-refractivity contribution < 1.29 is 9.53 Å². The molecule has 2 saturated heterocycles. The molecule has 3 aromatic rings. The van der Waals surface area contributed by atoms with Gasteiger partial charge in [-0.25, -0.2) is 0 Å². The van der Waals surface area contributed by atoms with Crippen LogP contribution in [0.15, 0.2) is 49.1 Å². The highest BCUT2D eigenvalue weighted by Gasteiger charge is 2.55. The van der Waals surface area contributed by atoms with E-state index in [4.69, 9.17) is 26.3 Å². The highest BCUT2D eigenvalue weighted by atomic mass is 35.5. The molecule has 2 aromatic carbocycles. The Morgan fingerprint density at radius 1 is 1.10 bits per heavy atom. The third kappa shape index (κ3) is 4.53. The Hall–Kier alpha value is -3.16. The van der Waals surface area contributed by atoms with Crippen LogP contribution >= 0.6 is 11.6 Å². The number of allylic oxidation sites excluding steroid dienone is 1. The highest BCUT2D eigenvalue weighted by Crippen LogP contribution is 2.53. The van der Waals surface area contributed by atoms with Gasteiger partial charge in [-0.05, 0) is 74.7 Å². The third-order valence-electron chi connectivity index (χ3n) is 9.60. The fourth-order valence-corrected chi connectivity index (χ4v) is 7.59. The molecule has 1 aliphatic carbocycles. The summed E-state index contributed by atoms with van der Waals surface area (Å²) in [5.74, 6) is 2.18. The molecule has 0 N–H and O–H groups in total. The Kier molecular flexibility index (Phi) is 6.67. The first-order valence-corrected chi connectivity index (χ1v) is 15.0. The largest absolute Gasteiger partial charge is 0.462 e. The summed E-state index contributed by atoms with van der Waals surface area (Å²) in [7, 11) is 2.16. The second kappa shape index (κ2) is 10.3. The van der Waals surface area contributed by atoms with E-state index < -0.39 is 0 Å². The minimum absolute atomic E-state index is 0.125. The van der Waals surface area contributed by atoms with E-state index in [-0.39, 0.29) is 11.7 Å². The molecule has 1 saturated carbocycles. The first-order valence-electron chi connectivity index (χ1n) is 14.6. The van der Waals surface area contributed by atoms with Crippen LogP contribution < -0.4 is 14.5 Å². The van der Waals surface area contributed by atoms with Crippen molar-refractivity contribution >= 4 is 39.7 Å². The number of aromatic nitrogens is 2. The van der Waals surface area contributed by atoms with Crippen LogP contribution in [-0.4, -0.2) is 66.5 Å². The maximum Gasteiger partial charge on any atom is 0.318 e. The number of likely N-dealkylation sites (N-methyl/N-ethyl adjacent to an activating group) is 1. The van der Waals surface area contributed by atoms with E-state index in [1.165, 1.54) is 18.1 Å². The molecule has 1 aromatic heterocycles. The van der Waals surface area contributed by atoms with Crippen LogP contribution in [0.1, 0.15) is 30.5 Å². The number of rotatable bonds is 7. The summed E-state index contributed by atoms with van der Waals surface area (Å²) in [5.41, 5.74) is 3.36. The predicted octanol–water partition coefficient (Wildman–Crippen LogP) is 5.15. The summed E-state index contributed by atoms with van der Waals surface area (Å²) < 4.78 is 6.30.